The Morgan fingerprint density at radius 1 is 1.11 bits per heavy atom. The van der Waals surface area contributed by atoms with Gasteiger partial charge in [0.15, 0.2) is 0 Å². The second-order valence-electron chi connectivity index (χ2n) is 4.60. The quantitative estimate of drug-likeness (QED) is 0.880. The van der Waals surface area contributed by atoms with Crippen molar-refractivity contribution in [2.24, 2.45) is 0 Å². The van der Waals surface area contributed by atoms with Crippen LogP contribution >= 0.6 is 0 Å². The monoisotopic (exact) mass is 247 g/mol. The molecule has 0 saturated carbocycles. The molecule has 0 aliphatic rings. The van der Waals surface area contributed by atoms with Crippen LogP contribution in [0.5, 0.6) is 0 Å². The van der Waals surface area contributed by atoms with Crippen LogP contribution in [0, 0.1) is 5.82 Å². The van der Waals surface area contributed by atoms with Crippen molar-refractivity contribution in [2.45, 2.75) is 39.5 Å². The molecule has 0 saturated heterocycles. The summed E-state index contributed by atoms with van der Waals surface area (Å²) in [5.74, 6) is -0.284. The van der Waals surface area contributed by atoms with E-state index in [1.165, 1.54) is 12.1 Å². The van der Waals surface area contributed by atoms with Gasteiger partial charge in [-0.25, -0.2) is 4.39 Å². The number of aryl methyl sites for hydroxylation is 2. The van der Waals surface area contributed by atoms with Crippen molar-refractivity contribution in [3.05, 3.63) is 45.6 Å². The Morgan fingerprint density at radius 3 is 2.50 bits per heavy atom. The molecule has 96 valence electrons. The third-order valence-electron chi connectivity index (χ3n) is 3.18. The van der Waals surface area contributed by atoms with Crippen molar-refractivity contribution < 1.29 is 4.39 Å². The number of H-pyrrole nitrogens is 1. The molecule has 0 unspecified atom stereocenters. The molecule has 1 aromatic heterocycles. The van der Waals surface area contributed by atoms with Gasteiger partial charge in [-0.15, -0.1) is 0 Å². The fourth-order valence-electron chi connectivity index (χ4n) is 2.41. The number of benzene rings is 1. The molecular weight excluding hydrogens is 229 g/mol. The van der Waals surface area contributed by atoms with Gasteiger partial charge in [-0.1, -0.05) is 26.7 Å². The summed E-state index contributed by atoms with van der Waals surface area (Å²) < 4.78 is 13.4. The lowest BCUT2D eigenvalue weighted by Gasteiger charge is -2.11. The maximum absolute atomic E-state index is 13.4. The zero-order valence-electron chi connectivity index (χ0n) is 10.8. The summed E-state index contributed by atoms with van der Waals surface area (Å²) in [4.78, 5) is 14.9. The highest BCUT2D eigenvalue weighted by atomic mass is 19.1. The summed E-state index contributed by atoms with van der Waals surface area (Å²) in [5.41, 5.74) is 1.93. The lowest BCUT2D eigenvalue weighted by Crippen LogP contribution is -2.13. The third-order valence-corrected chi connectivity index (χ3v) is 3.18. The number of rotatable bonds is 4. The molecule has 0 aliphatic carbocycles. The van der Waals surface area contributed by atoms with Crippen LogP contribution in [-0.4, -0.2) is 4.98 Å². The molecule has 1 aromatic carbocycles. The van der Waals surface area contributed by atoms with Crippen LogP contribution in [0.2, 0.25) is 0 Å². The van der Waals surface area contributed by atoms with Crippen LogP contribution in [0.4, 0.5) is 4.39 Å². The van der Waals surface area contributed by atoms with Crippen molar-refractivity contribution in [1.29, 1.82) is 0 Å². The van der Waals surface area contributed by atoms with E-state index < -0.39 is 0 Å². The van der Waals surface area contributed by atoms with Crippen molar-refractivity contribution in [1.82, 2.24) is 4.98 Å². The number of pyridine rings is 1. The highest BCUT2D eigenvalue weighted by Gasteiger charge is 2.11. The van der Waals surface area contributed by atoms with E-state index in [2.05, 4.69) is 18.8 Å². The molecule has 0 aliphatic heterocycles. The van der Waals surface area contributed by atoms with E-state index in [9.17, 15) is 9.18 Å². The maximum atomic E-state index is 13.4. The van der Waals surface area contributed by atoms with E-state index >= 15 is 0 Å². The molecule has 0 spiro atoms. The zero-order valence-corrected chi connectivity index (χ0v) is 10.8. The minimum absolute atomic E-state index is 0.117. The summed E-state index contributed by atoms with van der Waals surface area (Å²) in [6, 6.07) is 4.39. The van der Waals surface area contributed by atoms with Gasteiger partial charge in [0, 0.05) is 11.1 Å². The standard InChI is InChI=1S/C15H18FNO/c1-3-5-11-13-9-10(16)7-8-12(13)15(18)17-14(11)6-4-2/h7-9H,3-6H2,1-2H3,(H,17,18). The van der Waals surface area contributed by atoms with Crippen molar-refractivity contribution in [2.75, 3.05) is 0 Å². The molecule has 2 rings (SSSR count). The zero-order chi connectivity index (χ0) is 13.1. The Bertz CT molecular complexity index is 616. The maximum Gasteiger partial charge on any atom is 0.256 e. The SMILES string of the molecule is CCCc1[nH]c(=O)c2ccc(F)cc2c1CCC. The van der Waals surface area contributed by atoms with E-state index in [1.54, 1.807) is 6.07 Å². The fourth-order valence-corrected chi connectivity index (χ4v) is 2.41. The number of aromatic amines is 1. The second kappa shape index (κ2) is 5.34. The van der Waals surface area contributed by atoms with Crippen LogP contribution in [0.25, 0.3) is 10.8 Å². The molecule has 0 fully saturated rings. The van der Waals surface area contributed by atoms with Gasteiger partial charge >= 0.3 is 0 Å². The van der Waals surface area contributed by atoms with Crippen molar-refractivity contribution >= 4 is 10.8 Å². The van der Waals surface area contributed by atoms with Crippen LogP contribution in [0.3, 0.4) is 0 Å². The fraction of sp³-hybridized carbons (Fsp3) is 0.400. The van der Waals surface area contributed by atoms with Gasteiger partial charge < -0.3 is 4.98 Å². The van der Waals surface area contributed by atoms with Gasteiger partial charge in [-0.05, 0) is 42.0 Å². The van der Waals surface area contributed by atoms with E-state index in [4.69, 9.17) is 0 Å². The molecule has 0 amide bonds. The Balaban J connectivity index is 2.77. The summed E-state index contributed by atoms with van der Waals surface area (Å²) in [7, 11) is 0. The molecule has 2 aromatic rings. The number of hydrogen-bond donors (Lipinski definition) is 1. The van der Waals surface area contributed by atoms with Gasteiger partial charge in [0.2, 0.25) is 0 Å². The Hall–Kier alpha value is -1.64. The lowest BCUT2D eigenvalue weighted by atomic mass is 9.98. The third kappa shape index (κ3) is 2.30. The Morgan fingerprint density at radius 2 is 1.83 bits per heavy atom. The Kier molecular flexibility index (Phi) is 3.80. The molecule has 0 bridgehead atoms. The first kappa shape index (κ1) is 12.8. The number of halogens is 1. The van der Waals surface area contributed by atoms with Crippen LogP contribution in [0.15, 0.2) is 23.0 Å². The highest BCUT2D eigenvalue weighted by Crippen LogP contribution is 2.21. The minimum Gasteiger partial charge on any atom is -0.325 e. The Labute approximate surface area is 106 Å². The first-order valence-electron chi connectivity index (χ1n) is 6.50. The molecule has 1 N–H and O–H groups in total. The highest BCUT2D eigenvalue weighted by molar-refractivity contribution is 5.85. The van der Waals surface area contributed by atoms with Gasteiger partial charge in [-0.3, -0.25) is 4.79 Å². The van der Waals surface area contributed by atoms with Crippen LogP contribution < -0.4 is 5.56 Å². The van der Waals surface area contributed by atoms with Crippen molar-refractivity contribution in [3.63, 3.8) is 0 Å². The number of hydrogen-bond acceptors (Lipinski definition) is 1. The average Bonchev–Trinajstić information content (AvgIpc) is 2.34. The van der Waals surface area contributed by atoms with E-state index in [-0.39, 0.29) is 11.4 Å². The second-order valence-corrected chi connectivity index (χ2v) is 4.60. The van der Waals surface area contributed by atoms with Gasteiger partial charge in [0.25, 0.3) is 5.56 Å². The summed E-state index contributed by atoms with van der Waals surface area (Å²) in [5, 5.41) is 1.35. The molecule has 3 heteroatoms. The first-order valence-corrected chi connectivity index (χ1v) is 6.50. The lowest BCUT2D eigenvalue weighted by molar-refractivity contribution is 0.629. The normalized spacial score (nSPS) is 11.1. The molecule has 1 heterocycles. The van der Waals surface area contributed by atoms with Crippen LogP contribution in [-0.2, 0) is 12.8 Å². The van der Waals surface area contributed by atoms with Gasteiger partial charge in [0.05, 0.1) is 0 Å². The molecule has 2 nitrogen and oxygen atoms in total. The summed E-state index contributed by atoms with van der Waals surface area (Å²) >= 11 is 0. The largest absolute Gasteiger partial charge is 0.325 e. The number of fused-ring (bicyclic) bond motifs is 1. The van der Waals surface area contributed by atoms with Gasteiger partial charge in [0.1, 0.15) is 5.82 Å². The van der Waals surface area contributed by atoms with Crippen molar-refractivity contribution in [3.8, 4) is 0 Å². The average molecular weight is 247 g/mol. The van der Waals surface area contributed by atoms with E-state index in [1.807, 2.05) is 0 Å². The number of aromatic nitrogens is 1. The molecule has 0 radical (unpaired) electrons. The van der Waals surface area contributed by atoms with E-state index in [0.29, 0.717) is 5.39 Å². The summed E-state index contributed by atoms with van der Waals surface area (Å²) in [6.45, 7) is 4.16. The molecular formula is C15H18FNO. The van der Waals surface area contributed by atoms with Crippen LogP contribution in [0.1, 0.15) is 37.9 Å². The number of nitrogens with one attached hydrogen (secondary N) is 1. The topological polar surface area (TPSA) is 32.9 Å². The van der Waals surface area contributed by atoms with Gasteiger partial charge in [-0.2, -0.15) is 0 Å². The first-order chi connectivity index (χ1) is 8.67. The smallest absolute Gasteiger partial charge is 0.256 e. The summed E-state index contributed by atoms with van der Waals surface area (Å²) in [6.07, 6.45) is 3.64. The van der Waals surface area contributed by atoms with E-state index in [0.717, 1.165) is 42.3 Å². The molecule has 18 heavy (non-hydrogen) atoms. The predicted molar refractivity (Wildman–Crippen MR) is 72.5 cm³/mol. The predicted octanol–water partition coefficient (Wildman–Crippen LogP) is 3.57. The minimum atomic E-state index is -0.284. The molecule has 0 atom stereocenters.